The number of hydrazone groups is 1. The van der Waals surface area contributed by atoms with Gasteiger partial charge in [-0.25, -0.2) is 0 Å². The molecule has 0 spiro atoms. The van der Waals surface area contributed by atoms with Gasteiger partial charge in [-0.2, -0.15) is 5.10 Å². The summed E-state index contributed by atoms with van der Waals surface area (Å²) in [6.07, 6.45) is 0. The Labute approximate surface area is 74.2 Å². The highest BCUT2D eigenvalue weighted by Gasteiger charge is 2.21. The van der Waals surface area contributed by atoms with Gasteiger partial charge >= 0.3 is 0 Å². The molecule has 1 aliphatic heterocycles. The van der Waals surface area contributed by atoms with Crippen LogP contribution in [0.3, 0.4) is 0 Å². The molecule has 0 fully saturated rings. The summed E-state index contributed by atoms with van der Waals surface area (Å²) in [6, 6.07) is 3.85. The van der Waals surface area contributed by atoms with Crippen molar-refractivity contribution in [2.45, 2.75) is 12.3 Å². The molecule has 1 unspecified atom stereocenters. The second kappa shape index (κ2) is 2.75. The number of amidine groups is 1. The Morgan fingerprint density at radius 1 is 1.67 bits per heavy atom. The Hall–Kier alpha value is -1.10. The van der Waals surface area contributed by atoms with Crippen molar-refractivity contribution in [3.63, 3.8) is 0 Å². The monoisotopic (exact) mass is 183 g/mol. The van der Waals surface area contributed by atoms with Crippen LogP contribution < -0.4 is 11.2 Å². The van der Waals surface area contributed by atoms with Crippen molar-refractivity contribution in [3.05, 3.63) is 23.7 Å². The molecule has 0 aromatic carbocycles. The Kier molecular flexibility index (Phi) is 1.73. The lowest BCUT2D eigenvalue weighted by atomic mass is 10.4. The number of nitrogens with one attached hydrogen (secondary N) is 1. The van der Waals surface area contributed by atoms with Crippen LogP contribution in [-0.4, -0.2) is 5.17 Å². The van der Waals surface area contributed by atoms with Crippen molar-refractivity contribution in [1.82, 2.24) is 5.43 Å². The first-order valence-corrected chi connectivity index (χ1v) is 4.45. The van der Waals surface area contributed by atoms with Crippen LogP contribution in [0.4, 0.5) is 0 Å². The van der Waals surface area contributed by atoms with E-state index in [1.807, 2.05) is 19.1 Å². The van der Waals surface area contributed by atoms with Crippen LogP contribution in [0.1, 0.15) is 16.9 Å². The molecule has 3 N–H and O–H groups in total. The average molecular weight is 183 g/mol. The topological polar surface area (TPSA) is 63.5 Å². The van der Waals surface area contributed by atoms with Crippen molar-refractivity contribution in [1.29, 1.82) is 0 Å². The maximum atomic E-state index is 5.48. The molecular formula is C7H9N3OS. The van der Waals surface area contributed by atoms with E-state index in [1.54, 1.807) is 0 Å². The van der Waals surface area contributed by atoms with Crippen molar-refractivity contribution in [2.75, 3.05) is 0 Å². The van der Waals surface area contributed by atoms with Crippen molar-refractivity contribution >= 4 is 16.9 Å². The lowest BCUT2D eigenvalue weighted by Crippen LogP contribution is -2.05. The minimum absolute atomic E-state index is 0.0405. The van der Waals surface area contributed by atoms with E-state index in [0.717, 1.165) is 11.5 Å². The van der Waals surface area contributed by atoms with Crippen molar-refractivity contribution < 1.29 is 4.42 Å². The minimum atomic E-state index is 0.0405. The molecule has 2 heterocycles. The number of nitrogens with two attached hydrogens (primary N) is 1. The molecule has 2 rings (SSSR count). The second-order valence-electron chi connectivity index (χ2n) is 2.53. The van der Waals surface area contributed by atoms with E-state index in [1.165, 1.54) is 11.8 Å². The first-order chi connectivity index (χ1) is 5.75. The van der Waals surface area contributed by atoms with Crippen molar-refractivity contribution in [2.24, 2.45) is 10.8 Å². The zero-order valence-electron chi connectivity index (χ0n) is 6.57. The summed E-state index contributed by atoms with van der Waals surface area (Å²) in [5.74, 6) is 1.76. The van der Waals surface area contributed by atoms with Crippen molar-refractivity contribution in [3.8, 4) is 0 Å². The number of thioether (sulfide) groups is 1. The van der Waals surface area contributed by atoms with E-state index >= 15 is 0 Å². The Balaban J connectivity index is 2.13. The molecule has 64 valence electrons. The lowest BCUT2D eigenvalue weighted by molar-refractivity contribution is 0.464. The summed E-state index contributed by atoms with van der Waals surface area (Å²) < 4.78 is 5.40. The predicted molar refractivity (Wildman–Crippen MR) is 48.5 cm³/mol. The largest absolute Gasteiger partial charge is 0.463 e. The third kappa shape index (κ3) is 1.27. The van der Waals surface area contributed by atoms with E-state index in [-0.39, 0.29) is 5.37 Å². The number of hydrogen-bond donors (Lipinski definition) is 2. The Morgan fingerprint density at radius 3 is 3.00 bits per heavy atom. The van der Waals surface area contributed by atoms with E-state index in [0.29, 0.717) is 5.17 Å². The molecule has 0 radical (unpaired) electrons. The minimum Gasteiger partial charge on any atom is -0.463 e. The number of rotatable bonds is 1. The number of nitrogens with zero attached hydrogens (tertiary/aromatic N) is 1. The van der Waals surface area contributed by atoms with Crippen LogP contribution >= 0.6 is 11.8 Å². The van der Waals surface area contributed by atoms with Gasteiger partial charge in [0.2, 0.25) is 0 Å². The van der Waals surface area contributed by atoms with E-state index in [4.69, 9.17) is 10.2 Å². The molecule has 12 heavy (non-hydrogen) atoms. The molecule has 5 heteroatoms. The first-order valence-electron chi connectivity index (χ1n) is 3.57. The van der Waals surface area contributed by atoms with Gasteiger partial charge in [-0.1, -0.05) is 11.8 Å². The van der Waals surface area contributed by atoms with Crippen LogP contribution in [0.15, 0.2) is 21.7 Å². The van der Waals surface area contributed by atoms with Gasteiger partial charge in [0.15, 0.2) is 10.5 Å². The number of furan rings is 1. The van der Waals surface area contributed by atoms with Gasteiger partial charge in [0.05, 0.1) is 0 Å². The molecule has 0 bridgehead atoms. The molecule has 1 aliphatic rings. The van der Waals surface area contributed by atoms with Gasteiger partial charge in [0.25, 0.3) is 0 Å². The SMILES string of the molecule is Cc1ccc(C2NN=C(N)S2)o1. The molecular weight excluding hydrogens is 174 g/mol. The summed E-state index contributed by atoms with van der Waals surface area (Å²) in [6.45, 7) is 1.91. The number of hydrogen-bond acceptors (Lipinski definition) is 5. The maximum Gasteiger partial charge on any atom is 0.180 e. The second-order valence-corrected chi connectivity index (χ2v) is 3.65. The van der Waals surface area contributed by atoms with Crippen LogP contribution in [0.25, 0.3) is 0 Å². The first kappa shape index (κ1) is 7.54. The van der Waals surface area contributed by atoms with Crippen LogP contribution in [0.2, 0.25) is 0 Å². The Bertz CT molecular complexity index is 320. The van der Waals surface area contributed by atoms with Gasteiger partial charge in [-0.05, 0) is 19.1 Å². The van der Waals surface area contributed by atoms with Crippen LogP contribution in [0.5, 0.6) is 0 Å². The van der Waals surface area contributed by atoms with E-state index in [9.17, 15) is 0 Å². The highest BCUT2D eigenvalue weighted by molar-refractivity contribution is 8.14. The highest BCUT2D eigenvalue weighted by atomic mass is 32.2. The van der Waals surface area contributed by atoms with Gasteiger partial charge in [0.1, 0.15) is 11.5 Å². The van der Waals surface area contributed by atoms with E-state index < -0.39 is 0 Å². The quantitative estimate of drug-likeness (QED) is 0.685. The summed E-state index contributed by atoms with van der Waals surface area (Å²) >= 11 is 1.45. The maximum absolute atomic E-state index is 5.48. The summed E-state index contributed by atoms with van der Waals surface area (Å²) in [4.78, 5) is 0. The third-order valence-electron chi connectivity index (χ3n) is 1.55. The fourth-order valence-corrected chi connectivity index (χ4v) is 1.71. The predicted octanol–water partition coefficient (Wildman–Crippen LogP) is 1.15. The summed E-state index contributed by atoms with van der Waals surface area (Å²) in [7, 11) is 0. The third-order valence-corrected chi connectivity index (χ3v) is 2.46. The molecule has 1 aromatic heterocycles. The molecule has 0 saturated carbocycles. The molecule has 0 saturated heterocycles. The van der Waals surface area contributed by atoms with Crippen LogP contribution in [-0.2, 0) is 0 Å². The fourth-order valence-electron chi connectivity index (χ4n) is 1.01. The average Bonchev–Trinajstić information content (AvgIpc) is 2.58. The smallest absolute Gasteiger partial charge is 0.180 e. The standard InChI is InChI=1S/C7H9N3OS/c1-4-2-3-5(11-4)6-9-10-7(8)12-6/h2-3,6,9H,1H3,(H2,8,10). The molecule has 1 aromatic rings. The van der Waals surface area contributed by atoms with Gasteiger partial charge in [0, 0.05) is 0 Å². The Morgan fingerprint density at radius 2 is 2.50 bits per heavy atom. The zero-order chi connectivity index (χ0) is 8.55. The van der Waals surface area contributed by atoms with Gasteiger partial charge in [-0.15, -0.1) is 0 Å². The summed E-state index contributed by atoms with van der Waals surface area (Å²) in [5.41, 5.74) is 8.35. The molecule has 0 amide bonds. The van der Waals surface area contributed by atoms with E-state index in [2.05, 4.69) is 10.5 Å². The van der Waals surface area contributed by atoms with Gasteiger partial charge < -0.3 is 10.2 Å². The molecule has 0 aliphatic carbocycles. The molecule has 4 nitrogen and oxygen atoms in total. The number of aryl methyl sites for hydroxylation is 1. The zero-order valence-corrected chi connectivity index (χ0v) is 7.39. The van der Waals surface area contributed by atoms with Gasteiger partial charge in [-0.3, -0.25) is 5.43 Å². The fraction of sp³-hybridized carbons (Fsp3) is 0.286. The summed E-state index contributed by atoms with van der Waals surface area (Å²) in [5, 5.41) is 4.44. The van der Waals surface area contributed by atoms with Crippen LogP contribution in [0, 0.1) is 6.92 Å². The lowest BCUT2D eigenvalue weighted by Gasteiger charge is -2.03. The molecule has 1 atom stereocenters. The highest BCUT2D eigenvalue weighted by Crippen LogP contribution is 2.30. The normalized spacial score (nSPS) is 22.1.